The minimum absolute atomic E-state index is 0.0882. The van der Waals surface area contributed by atoms with Gasteiger partial charge in [-0.05, 0) is 11.6 Å². The summed E-state index contributed by atoms with van der Waals surface area (Å²) in [5, 5.41) is 0.551. The van der Waals surface area contributed by atoms with Crippen molar-refractivity contribution >= 4 is 11.6 Å². The first-order valence-electron chi connectivity index (χ1n) is 3.60. The Morgan fingerprint density at radius 2 is 2.00 bits per heavy atom. The van der Waals surface area contributed by atoms with E-state index in [0.29, 0.717) is 5.28 Å². The van der Waals surface area contributed by atoms with Gasteiger partial charge in [-0.25, -0.2) is 4.98 Å². The summed E-state index contributed by atoms with van der Waals surface area (Å²) in [5.74, 6) is 0. The molecule has 0 aliphatic rings. The Balaban J connectivity index is 3.08. The van der Waals surface area contributed by atoms with Gasteiger partial charge in [-0.15, -0.1) is 0 Å². The van der Waals surface area contributed by atoms with Crippen molar-refractivity contribution < 1.29 is 0 Å². The summed E-state index contributed by atoms with van der Waals surface area (Å²) < 4.78 is 1.82. The van der Waals surface area contributed by atoms with E-state index in [4.69, 9.17) is 11.6 Å². The van der Waals surface area contributed by atoms with Crippen molar-refractivity contribution in [2.75, 3.05) is 0 Å². The van der Waals surface area contributed by atoms with Crippen LogP contribution >= 0.6 is 11.6 Å². The number of imidazole rings is 1. The van der Waals surface area contributed by atoms with Gasteiger partial charge in [0.25, 0.3) is 0 Å². The maximum Gasteiger partial charge on any atom is 0.202 e. The summed E-state index contributed by atoms with van der Waals surface area (Å²) in [4.78, 5) is 4.21. The molecule has 0 saturated carbocycles. The highest BCUT2D eigenvalue weighted by molar-refractivity contribution is 6.28. The van der Waals surface area contributed by atoms with E-state index in [0.717, 1.165) is 5.69 Å². The van der Waals surface area contributed by atoms with Gasteiger partial charge in [0.2, 0.25) is 5.28 Å². The molecule has 1 heterocycles. The third kappa shape index (κ3) is 1.74. The highest BCUT2D eigenvalue weighted by atomic mass is 35.5. The van der Waals surface area contributed by atoms with Crippen molar-refractivity contribution in [1.29, 1.82) is 0 Å². The van der Waals surface area contributed by atoms with Crippen molar-refractivity contribution in [3.63, 3.8) is 0 Å². The number of aromatic nitrogens is 2. The molecule has 3 heteroatoms. The second-order valence-corrected chi connectivity index (χ2v) is 4.09. The Labute approximate surface area is 72.2 Å². The van der Waals surface area contributed by atoms with E-state index in [-0.39, 0.29) is 5.41 Å². The predicted octanol–water partition coefficient (Wildman–Crippen LogP) is 2.37. The largest absolute Gasteiger partial charge is 0.325 e. The molecule has 0 atom stereocenters. The Hall–Kier alpha value is -0.500. The molecule has 0 N–H and O–H groups in total. The standard InChI is InChI=1S/C8H13ClN2/c1-8(2,3)6-5-11(4)7(9)10-6/h5H,1-4H3. The van der Waals surface area contributed by atoms with E-state index in [2.05, 4.69) is 25.8 Å². The molecular formula is C8H13ClN2. The summed E-state index contributed by atoms with van der Waals surface area (Å²) in [6, 6.07) is 0. The predicted molar refractivity (Wildman–Crippen MR) is 46.9 cm³/mol. The molecule has 0 aliphatic carbocycles. The first kappa shape index (κ1) is 8.60. The van der Waals surface area contributed by atoms with Gasteiger partial charge in [0.05, 0.1) is 5.69 Å². The number of rotatable bonds is 0. The third-order valence-corrected chi connectivity index (χ3v) is 1.94. The van der Waals surface area contributed by atoms with Crippen molar-refractivity contribution in [2.45, 2.75) is 26.2 Å². The minimum atomic E-state index is 0.0882. The highest BCUT2D eigenvalue weighted by Gasteiger charge is 2.17. The second-order valence-electron chi connectivity index (χ2n) is 3.76. The van der Waals surface area contributed by atoms with Gasteiger partial charge >= 0.3 is 0 Å². The molecule has 11 heavy (non-hydrogen) atoms. The Morgan fingerprint density at radius 1 is 1.45 bits per heavy atom. The van der Waals surface area contributed by atoms with Crippen molar-refractivity contribution in [3.05, 3.63) is 17.2 Å². The molecule has 1 aromatic heterocycles. The van der Waals surface area contributed by atoms with Gasteiger partial charge in [0, 0.05) is 18.7 Å². The van der Waals surface area contributed by atoms with Crippen LogP contribution < -0.4 is 0 Å². The molecule has 0 bridgehead atoms. The first-order chi connectivity index (χ1) is 4.91. The molecule has 0 aromatic carbocycles. The van der Waals surface area contributed by atoms with Crippen LogP contribution in [0.3, 0.4) is 0 Å². The van der Waals surface area contributed by atoms with Crippen LogP contribution in [-0.2, 0) is 12.5 Å². The van der Waals surface area contributed by atoms with Crippen LogP contribution in [-0.4, -0.2) is 9.55 Å². The molecule has 0 saturated heterocycles. The molecular weight excluding hydrogens is 160 g/mol. The fourth-order valence-corrected chi connectivity index (χ4v) is 0.945. The van der Waals surface area contributed by atoms with E-state index in [1.807, 2.05) is 17.8 Å². The van der Waals surface area contributed by atoms with E-state index in [1.165, 1.54) is 0 Å². The summed E-state index contributed by atoms with van der Waals surface area (Å²) in [7, 11) is 1.89. The van der Waals surface area contributed by atoms with Gasteiger partial charge in [-0.1, -0.05) is 20.8 Å². The van der Waals surface area contributed by atoms with Crippen LogP contribution in [0.5, 0.6) is 0 Å². The fourth-order valence-electron chi connectivity index (χ4n) is 0.805. The molecule has 0 unspecified atom stereocenters. The van der Waals surface area contributed by atoms with Gasteiger partial charge in [-0.3, -0.25) is 0 Å². The number of hydrogen-bond donors (Lipinski definition) is 0. The quantitative estimate of drug-likeness (QED) is 0.588. The van der Waals surface area contributed by atoms with Crippen molar-refractivity contribution in [2.24, 2.45) is 7.05 Å². The van der Waals surface area contributed by atoms with Gasteiger partial charge in [-0.2, -0.15) is 0 Å². The summed E-state index contributed by atoms with van der Waals surface area (Å²) in [5.41, 5.74) is 1.12. The van der Waals surface area contributed by atoms with Crippen LogP contribution in [0.4, 0.5) is 0 Å². The van der Waals surface area contributed by atoms with Gasteiger partial charge in [0.1, 0.15) is 0 Å². The van der Waals surface area contributed by atoms with Crippen molar-refractivity contribution in [3.8, 4) is 0 Å². The minimum Gasteiger partial charge on any atom is -0.325 e. The van der Waals surface area contributed by atoms with Crippen LogP contribution in [0.1, 0.15) is 26.5 Å². The lowest BCUT2D eigenvalue weighted by molar-refractivity contribution is 0.571. The maximum absolute atomic E-state index is 5.79. The zero-order valence-electron chi connectivity index (χ0n) is 7.35. The Bertz CT molecular complexity index is 238. The Kier molecular flexibility index (Phi) is 1.97. The lowest BCUT2D eigenvalue weighted by atomic mass is 9.93. The third-order valence-electron chi connectivity index (χ3n) is 1.59. The number of nitrogens with zero attached hydrogens (tertiary/aromatic N) is 2. The smallest absolute Gasteiger partial charge is 0.202 e. The van der Waals surface area contributed by atoms with E-state index in [9.17, 15) is 0 Å². The van der Waals surface area contributed by atoms with Gasteiger partial charge in [0.15, 0.2) is 0 Å². The molecule has 0 amide bonds. The van der Waals surface area contributed by atoms with Crippen LogP contribution in [0, 0.1) is 0 Å². The molecule has 62 valence electrons. The average molecular weight is 173 g/mol. The Morgan fingerprint density at radius 3 is 2.18 bits per heavy atom. The number of aryl methyl sites for hydroxylation is 1. The molecule has 0 radical (unpaired) electrons. The fraction of sp³-hybridized carbons (Fsp3) is 0.625. The van der Waals surface area contributed by atoms with E-state index in [1.54, 1.807) is 0 Å². The van der Waals surface area contributed by atoms with Gasteiger partial charge < -0.3 is 4.57 Å². The topological polar surface area (TPSA) is 17.8 Å². The first-order valence-corrected chi connectivity index (χ1v) is 3.98. The van der Waals surface area contributed by atoms with Crippen molar-refractivity contribution in [1.82, 2.24) is 9.55 Å². The number of halogens is 1. The average Bonchev–Trinajstić information content (AvgIpc) is 2.11. The van der Waals surface area contributed by atoms with Crippen LogP contribution in [0.15, 0.2) is 6.20 Å². The SMILES string of the molecule is Cn1cc(C(C)(C)C)nc1Cl. The summed E-state index contributed by atoms with van der Waals surface area (Å²) in [6.45, 7) is 6.35. The molecule has 0 fully saturated rings. The molecule has 2 nitrogen and oxygen atoms in total. The lowest BCUT2D eigenvalue weighted by Gasteiger charge is -2.13. The normalized spacial score (nSPS) is 12.1. The molecule has 0 spiro atoms. The second kappa shape index (κ2) is 2.52. The lowest BCUT2D eigenvalue weighted by Crippen LogP contribution is -2.11. The molecule has 1 aromatic rings. The zero-order valence-corrected chi connectivity index (χ0v) is 8.11. The molecule has 0 aliphatic heterocycles. The van der Waals surface area contributed by atoms with Crippen LogP contribution in [0.2, 0.25) is 5.28 Å². The van der Waals surface area contributed by atoms with E-state index < -0.39 is 0 Å². The molecule has 1 rings (SSSR count). The zero-order chi connectivity index (χ0) is 8.65. The maximum atomic E-state index is 5.79. The monoisotopic (exact) mass is 172 g/mol. The number of hydrogen-bond acceptors (Lipinski definition) is 1. The van der Waals surface area contributed by atoms with Crippen LogP contribution in [0.25, 0.3) is 0 Å². The highest BCUT2D eigenvalue weighted by Crippen LogP contribution is 2.22. The summed E-state index contributed by atoms with van der Waals surface area (Å²) in [6.07, 6.45) is 1.96. The summed E-state index contributed by atoms with van der Waals surface area (Å²) >= 11 is 5.79. The van der Waals surface area contributed by atoms with E-state index >= 15 is 0 Å².